The number of nitrogens with zero attached hydrogens (tertiary/aromatic N) is 2. The van der Waals surface area contributed by atoms with Crippen LogP contribution in [0.1, 0.15) is 49.9 Å². The summed E-state index contributed by atoms with van der Waals surface area (Å²) in [5.74, 6) is 0. The van der Waals surface area contributed by atoms with Gasteiger partial charge in [-0.2, -0.15) is 0 Å². The fourth-order valence-electron chi connectivity index (χ4n) is 10.7. The lowest BCUT2D eigenvalue weighted by Crippen LogP contribution is -2.32. The molecule has 1 aliphatic carbocycles. The Hall–Kier alpha value is -6.94. The zero-order chi connectivity index (χ0) is 41.0. The molecule has 0 atom stereocenters. The molecule has 2 heterocycles. The van der Waals surface area contributed by atoms with Gasteiger partial charge in [0.25, 0.3) is 0 Å². The minimum absolute atomic E-state index is 0.148. The standard InChI is InChI=1S/C58H44N2S/c1-57(2)46-25-12-10-22-42(46)43-35-33-39(36-48(43)57)59(52-30-16-24-45-44-23-11-15-31-53(44)61-56(45)52)50-28-17-29-51-54(50)58(3,4)47-26-13-14-27-49(47)60(51)55-40-21-9-8-20-38(40)32-34-41(55)37-18-6-5-7-19-37/h5-36H,1-4H3. The van der Waals surface area contributed by atoms with E-state index in [2.05, 4.69) is 232 Å². The van der Waals surface area contributed by atoms with Crippen molar-refractivity contribution >= 4 is 76.4 Å². The predicted molar refractivity (Wildman–Crippen MR) is 261 cm³/mol. The largest absolute Gasteiger partial charge is 0.309 e. The number of rotatable bonds is 5. The van der Waals surface area contributed by atoms with Crippen LogP contribution in [0.25, 0.3) is 53.2 Å². The molecular weight excluding hydrogens is 757 g/mol. The second-order valence-corrected chi connectivity index (χ2v) is 18.7. The molecule has 0 bridgehead atoms. The van der Waals surface area contributed by atoms with Crippen LogP contribution in [0.4, 0.5) is 34.1 Å². The smallest absolute Gasteiger partial charge is 0.0640 e. The van der Waals surface area contributed by atoms with E-state index in [1.165, 1.54) is 104 Å². The van der Waals surface area contributed by atoms with Gasteiger partial charge in [-0.3, -0.25) is 0 Å². The maximum absolute atomic E-state index is 2.59. The molecule has 0 unspecified atom stereocenters. The summed E-state index contributed by atoms with van der Waals surface area (Å²) in [6.45, 7) is 9.62. The molecule has 10 aromatic rings. The maximum Gasteiger partial charge on any atom is 0.0640 e. The molecule has 61 heavy (non-hydrogen) atoms. The van der Waals surface area contributed by atoms with Crippen molar-refractivity contribution < 1.29 is 0 Å². The van der Waals surface area contributed by atoms with Crippen molar-refractivity contribution in [2.75, 3.05) is 9.80 Å². The lowest BCUT2D eigenvalue weighted by molar-refractivity contribution is 0.632. The average molecular weight is 801 g/mol. The fourth-order valence-corrected chi connectivity index (χ4v) is 11.9. The minimum atomic E-state index is -0.366. The summed E-state index contributed by atoms with van der Waals surface area (Å²) >= 11 is 1.89. The van der Waals surface area contributed by atoms with E-state index in [0.717, 1.165) is 5.69 Å². The quantitative estimate of drug-likeness (QED) is 0.171. The Morgan fingerprint density at radius 2 is 1.08 bits per heavy atom. The minimum Gasteiger partial charge on any atom is -0.309 e. The highest BCUT2D eigenvalue weighted by atomic mass is 32.1. The Morgan fingerprint density at radius 3 is 1.95 bits per heavy atom. The third kappa shape index (κ3) is 5.20. The van der Waals surface area contributed by atoms with Crippen LogP contribution in [0, 0.1) is 0 Å². The first-order valence-electron chi connectivity index (χ1n) is 21.4. The molecule has 0 N–H and O–H groups in total. The molecule has 292 valence electrons. The van der Waals surface area contributed by atoms with Crippen molar-refractivity contribution in [3.8, 4) is 22.3 Å². The fraction of sp³-hybridized carbons (Fsp3) is 0.103. The molecular formula is C58H44N2S. The number of anilines is 6. The predicted octanol–water partition coefficient (Wildman–Crippen LogP) is 16.8. The Bertz CT molecular complexity index is 3390. The number of thiophene rings is 1. The van der Waals surface area contributed by atoms with Crippen LogP contribution in [0.2, 0.25) is 0 Å². The Balaban J connectivity index is 1.18. The van der Waals surface area contributed by atoms with E-state index in [1.54, 1.807) is 0 Å². The van der Waals surface area contributed by atoms with Crippen LogP contribution in [-0.4, -0.2) is 0 Å². The Kier molecular flexibility index (Phi) is 7.83. The summed E-state index contributed by atoms with van der Waals surface area (Å²) in [5.41, 5.74) is 17.0. The van der Waals surface area contributed by atoms with E-state index in [-0.39, 0.29) is 10.8 Å². The van der Waals surface area contributed by atoms with Gasteiger partial charge < -0.3 is 9.80 Å². The highest BCUT2D eigenvalue weighted by molar-refractivity contribution is 7.26. The average Bonchev–Trinajstić information content (AvgIpc) is 3.79. The second kappa shape index (κ2) is 13.3. The Morgan fingerprint density at radius 1 is 0.443 bits per heavy atom. The van der Waals surface area contributed by atoms with E-state index in [0.29, 0.717) is 0 Å². The van der Waals surface area contributed by atoms with Crippen molar-refractivity contribution in [3.63, 3.8) is 0 Å². The second-order valence-electron chi connectivity index (χ2n) is 17.7. The van der Waals surface area contributed by atoms with Gasteiger partial charge in [0.2, 0.25) is 0 Å². The molecule has 0 saturated carbocycles. The van der Waals surface area contributed by atoms with Gasteiger partial charge in [0, 0.05) is 48.5 Å². The molecule has 9 aromatic carbocycles. The van der Waals surface area contributed by atoms with Crippen LogP contribution < -0.4 is 9.80 Å². The molecule has 0 fully saturated rings. The normalized spacial score (nSPS) is 14.5. The molecule has 0 spiro atoms. The van der Waals surface area contributed by atoms with Gasteiger partial charge in [0.15, 0.2) is 0 Å². The van der Waals surface area contributed by atoms with E-state index in [9.17, 15) is 0 Å². The highest BCUT2D eigenvalue weighted by Gasteiger charge is 2.42. The molecule has 3 heteroatoms. The van der Waals surface area contributed by atoms with Crippen LogP contribution in [0.3, 0.4) is 0 Å². The first-order chi connectivity index (χ1) is 29.8. The third-order valence-corrected chi connectivity index (χ3v) is 14.8. The van der Waals surface area contributed by atoms with Crippen molar-refractivity contribution in [1.82, 2.24) is 0 Å². The van der Waals surface area contributed by atoms with E-state index in [1.807, 2.05) is 11.3 Å². The summed E-state index contributed by atoms with van der Waals surface area (Å²) in [5, 5.41) is 5.03. The molecule has 2 aliphatic rings. The zero-order valence-electron chi connectivity index (χ0n) is 34.8. The van der Waals surface area contributed by atoms with Gasteiger partial charge >= 0.3 is 0 Å². The summed E-state index contributed by atoms with van der Waals surface area (Å²) in [6.07, 6.45) is 0. The lowest BCUT2D eigenvalue weighted by Gasteiger charge is -2.45. The first kappa shape index (κ1) is 36.0. The first-order valence-corrected chi connectivity index (χ1v) is 22.2. The van der Waals surface area contributed by atoms with Crippen molar-refractivity contribution in [1.29, 1.82) is 0 Å². The molecule has 0 saturated heterocycles. The summed E-state index contributed by atoms with van der Waals surface area (Å²) in [7, 11) is 0. The van der Waals surface area contributed by atoms with Gasteiger partial charge in [-0.15, -0.1) is 11.3 Å². The zero-order valence-corrected chi connectivity index (χ0v) is 35.6. The van der Waals surface area contributed by atoms with Crippen molar-refractivity contribution in [3.05, 3.63) is 216 Å². The molecule has 1 aromatic heterocycles. The summed E-state index contributed by atoms with van der Waals surface area (Å²) < 4.78 is 2.59. The number of fused-ring (bicyclic) bond motifs is 9. The SMILES string of the molecule is CC1(C)c2ccccc2-c2ccc(N(c3cccc4c3C(C)(C)c3ccccc3N4c3c(-c4ccccc4)ccc4ccccc34)c3cccc4c3sc3ccccc34)cc21. The monoisotopic (exact) mass is 800 g/mol. The van der Waals surface area contributed by atoms with Gasteiger partial charge in [-0.1, -0.05) is 179 Å². The molecule has 12 rings (SSSR count). The highest BCUT2D eigenvalue weighted by Crippen LogP contribution is 2.59. The van der Waals surface area contributed by atoms with E-state index >= 15 is 0 Å². The van der Waals surface area contributed by atoms with Crippen molar-refractivity contribution in [2.24, 2.45) is 0 Å². The van der Waals surface area contributed by atoms with Gasteiger partial charge in [0.05, 0.1) is 33.1 Å². The summed E-state index contributed by atoms with van der Waals surface area (Å²) in [6, 6.07) is 72.4. The lowest BCUT2D eigenvalue weighted by atomic mass is 9.72. The number of hydrogen-bond acceptors (Lipinski definition) is 3. The van der Waals surface area contributed by atoms with Gasteiger partial charge in [-0.05, 0) is 81.2 Å². The van der Waals surface area contributed by atoms with Gasteiger partial charge in [0.1, 0.15) is 0 Å². The number of para-hydroxylation sites is 1. The molecule has 0 amide bonds. The molecule has 0 radical (unpaired) electrons. The maximum atomic E-state index is 2.59. The van der Waals surface area contributed by atoms with Crippen LogP contribution in [0.15, 0.2) is 194 Å². The molecule has 1 aliphatic heterocycles. The van der Waals surface area contributed by atoms with E-state index in [4.69, 9.17) is 0 Å². The van der Waals surface area contributed by atoms with Gasteiger partial charge in [-0.25, -0.2) is 0 Å². The van der Waals surface area contributed by atoms with Crippen LogP contribution >= 0.6 is 11.3 Å². The van der Waals surface area contributed by atoms with E-state index < -0.39 is 0 Å². The Labute approximate surface area is 361 Å². The number of benzene rings is 9. The molecule has 2 nitrogen and oxygen atoms in total. The topological polar surface area (TPSA) is 6.48 Å². The number of hydrogen-bond donors (Lipinski definition) is 0. The third-order valence-electron chi connectivity index (χ3n) is 13.6. The summed E-state index contributed by atoms with van der Waals surface area (Å²) in [4.78, 5) is 5.16. The van der Waals surface area contributed by atoms with Crippen LogP contribution in [0.5, 0.6) is 0 Å². The van der Waals surface area contributed by atoms with Crippen molar-refractivity contribution in [2.45, 2.75) is 38.5 Å². The van der Waals surface area contributed by atoms with Crippen LogP contribution in [-0.2, 0) is 10.8 Å².